The van der Waals surface area contributed by atoms with Gasteiger partial charge in [0.15, 0.2) is 0 Å². The third-order valence-electron chi connectivity index (χ3n) is 4.58. The van der Waals surface area contributed by atoms with Gasteiger partial charge < -0.3 is 14.7 Å². The van der Waals surface area contributed by atoms with Crippen molar-refractivity contribution in [2.45, 2.75) is 31.7 Å². The first kappa shape index (κ1) is 19.5. The quantitative estimate of drug-likeness (QED) is 0.789. The number of benzene rings is 2. The maximum atomic E-state index is 12.6. The summed E-state index contributed by atoms with van der Waals surface area (Å²) >= 11 is 0. The number of hydrogen-bond donors (Lipinski definition) is 1. The average Bonchev–Trinajstić information content (AvgIpc) is 2.66. The van der Waals surface area contributed by atoms with Gasteiger partial charge in [0, 0.05) is 19.9 Å². The van der Waals surface area contributed by atoms with Gasteiger partial charge in [-0.3, -0.25) is 4.79 Å². The molecule has 1 amide bonds. The first-order valence-electron chi connectivity index (χ1n) is 8.58. The minimum Gasteiger partial charge on any atom is -0.497 e. The number of ether oxygens (including phenoxy) is 1. The summed E-state index contributed by atoms with van der Waals surface area (Å²) in [6.45, 7) is 1.96. The van der Waals surface area contributed by atoms with Crippen molar-refractivity contribution in [3.8, 4) is 5.75 Å². The highest BCUT2D eigenvalue weighted by molar-refractivity contribution is 5.84. The smallest absolute Gasteiger partial charge is 0.326 e. The number of carboxylic acids is 1. The first-order valence-corrected chi connectivity index (χ1v) is 8.58. The van der Waals surface area contributed by atoms with Gasteiger partial charge >= 0.3 is 5.97 Å². The van der Waals surface area contributed by atoms with Crippen LogP contribution < -0.4 is 4.74 Å². The van der Waals surface area contributed by atoms with Crippen LogP contribution in [0.4, 0.5) is 0 Å². The summed E-state index contributed by atoms with van der Waals surface area (Å²) in [5.74, 6) is -0.432. The second kappa shape index (κ2) is 9.04. The van der Waals surface area contributed by atoms with Gasteiger partial charge in [-0.2, -0.15) is 0 Å². The number of carboxylic acid groups (broad SMARTS) is 1. The minimum atomic E-state index is -0.998. The molecule has 138 valence electrons. The summed E-state index contributed by atoms with van der Waals surface area (Å²) in [5, 5.41) is 9.55. The number of methoxy groups -OCH3 is 1. The fourth-order valence-corrected chi connectivity index (χ4v) is 2.86. The van der Waals surface area contributed by atoms with Crippen molar-refractivity contribution in [1.82, 2.24) is 4.90 Å². The molecule has 2 aromatic rings. The van der Waals surface area contributed by atoms with Crippen molar-refractivity contribution in [2.75, 3.05) is 14.2 Å². The van der Waals surface area contributed by atoms with Gasteiger partial charge in [-0.05, 0) is 29.2 Å². The molecule has 0 aliphatic carbocycles. The van der Waals surface area contributed by atoms with Crippen LogP contribution in [0.2, 0.25) is 0 Å². The number of nitrogens with zero attached hydrogens (tertiary/aromatic N) is 1. The van der Waals surface area contributed by atoms with E-state index in [-0.39, 0.29) is 24.7 Å². The molecular weight excluding hydrogens is 330 g/mol. The molecule has 2 atom stereocenters. The number of carbonyl (C=O) groups excluding carboxylic acids is 1. The second-order valence-electron chi connectivity index (χ2n) is 6.43. The predicted octanol–water partition coefficient (Wildman–Crippen LogP) is 3.34. The van der Waals surface area contributed by atoms with Crippen LogP contribution in [0.3, 0.4) is 0 Å². The molecule has 0 heterocycles. The summed E-state index contributed by atoms with van der Waals surface area (Å²) < 4.78 is 5.14. The lowest BCUT2D eigenvalue weighted by molar-refractivity contribution is -0.149. The molecule has 0 aliphatic heterocycles. The SMILES string of the molecule is COc1ccc(C(C)CC(=O)N(C)C(Cc2ccccc2)C(=O)O)cc1. The molecule has 0 bridgehead atoms. The van der Waals surface area contributed by atoms with Crippen LogP contribution in [-0.2, 0) is 16.0 Å². The van der Waals surface area contributed by atoms with E-state index in [1.165, 1.54) is 4.90 Å². The standard InChI is InChI=1S/C21H25NO4/c1-15(17-9-11-18(26-3)12-10-17)13-20(23)22(2)19(21(24)25)14-16-7-5-4-6-8-16/h4-12,15,19H,13-14H2,1-3H3,(H,24,25). The Morgan fingerprint density at radius 3 is 2.23 bits per heavy atom. The zero-order valence-electron chi connectivity index (χ0n) is 15.4. The third-order valence-corrected chi connectivity index (χ3v) is 4.58. The summed E-state index contributed by atoms with van der Waals surface area (Å²) in [5.41, 5.74) is 1.91. The molecule has 0 aliphatic rings. The van der Waals surface area contributed by atoms with E-state index in [2.05, 4.69) is 0 Å². The molecule has 2 unspecified atom stereocenters. The van der Waals surface area contributed by atoms with Crippen molar-refractivity contribution >= 4 is 11.9 Å². The van der Waals surface area contributed by atoms with Gasteiger partial charge in [0.05, 0.1) is 7.11 Å². The lowest BCUT2D eigenvalue weighted by Gasteiger charge is -2.26. The Labute approximate surface area is 154 Å². The molecule has 5 nitrogen and oxygen atoms in total. The molecule has 0 fully saturated rings. The predicted molar refractivity (Wildman–Crippen MR) is 100 cm³/mol. The van der Waals surface area contributed by atoms with E-state index >= 15 is 0 Å². The molecule has 1 N–H and O–H groups in total. The molecule has 0 saturated heterocycles. The van der Waals surface area contributed by atoms with Crippen LogP contribution in [0.1, 0.15) is 30.4 Å². The second-order valence-corrected chi connectivity index (χ2v) is 6.43. The van der Waals surface area contributed by atoms with Gasteiger partial charge in [0.2, 0.25) is 5.91 Å². The summed E-state index contributed by atoms with van der Waals surface area (Å²) in [7, 11) is 3.17. The van der Waals surface area contributed by atoms with E-state index in [1.54, 1.807) is 14.2 Å². The van der Waals surface area contributed by atoms with Crippen molar-refractivity contribution in [1.29, 1.82) is 0 Å². The third kappa shape index (κ3) is 5.09. The van der Waals surface area contributed by atoms with E-state index in [4.69, 9.17) is 4.74 Å². The van der Waals surface area contributed by atoms with E-state index in [0.29, 0.717) is 0 Å². The highest BCUT2D eigenvalue weighted by Gasteiger charge is 2.27. The van der Waals surface area contributed by atoms with Crippen LogP contribution in [0.25, 0.3) is 0 Å². The molecule has 0 aromatic heterocycles. The van der Waals surface area contributed by atoms with Crippen LogP contribution in [0, 0.1) is 0 Å². The number of amides is 1. The Hall–Kier alpha value is -2.82. The van der Waals surface area contributed by atoms with Crippen molar-refractivity contribution in [2.24, 2.45) is 0 Å². The van der Waals surface area contributed by atoms with Crippen LogP contribution in [-0.4, -0.2) is 42.1 Å². The minimum absolute atomic E-state index is 0.0120. The Morgan fingerprint density at radius 1 is 1.08 bits per heavy atom. The maximum Gasteiger partial charge on any atom is 0.326 e. The average molecular weight is 355 g/mol. The van der Waals surface area contributed by atoms with Crippen LogP contribution >= 0.6 is 0 Å². The normalized spacial score (nSPS) is 12.9. The molecule has 0 spiro atoms. The Bertz CT molecular complexity index is 727. The summed E-state index contributed by atoms with van der Waals surface area (Å²) in [6.07, 6.45) is 0.538. The lowest BCUT2D eigenvalue weighted by Crippen LogP contribution is -2.44. The zero-order chi connectivity index (χ0) is 19.1. The van der Waals surface area contributed by atoms with Gasteiger partial charge in [0.25, 0.3) is 0 Å². The topological polar surface area (TPSA) is 66.8 Å². The zero-order valence-corrected chi connectivity index (χ0v) is 15.4. The van der Waals surface area contributed by atoms with Crippen molar-refractivity contribution in [3.63, 3.8) is 0 Å². The van der Waals surface area contributed by atoms with E-state index in [9.17, 15) is 14.7 Å². The fraction of sp³-hybridized carbons (Fsp3) is 0.333. The first-order chi connectivity index (χ1) is 12.4. The lowest BCUT2D eigenvalue weighted by atomic mass is 9.96. The molecule has 0 radical (unpaired) electrons. The van der Waals surface area contributed by atoms with Crippen molar-refractivity contribution in [3.05, 3.63) is 65.7 Å². The monoisotopic (exact) mass is 355 g/mol. The fourth-order valence-electron chi connectivity index (χ4n) is 2.86. The summed E-state index contributed by atoms with van der Waals surface area (Å²) in [6, 6.07) is 16.0. The number of hydrogen-bond acceptors (Lipinski definition) is 3. The largest absolute Gasteiger partial charge is 0.497 e. The Balaban J connectivity index is 2.04. The van der Waals surface area contributed by atoms with Crippen LogP contribution in [0.15, 0.2) is 54.6 Å². The Kier molecular flexibility index (Phi) is 6.78. The number of likely N-dealkylation sites (N-methyl/N-ethyl adjacent to an activating group) is 1. The summed E-state index contributed by atoms with van der Waals surface area (Å²) in [4.78, 5) is 25.6. The molecule has 2 aromatic carbocycles. The molecular formula is C21H25NO4. The number of rotatable bonds is 8. The highest BCUT2D eigenvalue weighted by Crippen LogP contribution is 2.23. The molecule has 26 heavy (non-hydrogen) atoms. The number of aliphatic carboxylic acids is 1. The van der Waals surface area contributed by atoms with Gasteiger partial charge in [-0.25, -0.2) is 4.79 Å². The van der Waals surface area contributed by atoms with E-state index < -0.39 is 12.0 Å². The molecule has 2 rings (SSSR count). The van der Waals surface area contributed by atoms with E-state index in [1.807, 2.05) is 61.5 Å². The number of carbonyl (C=O) groups is 2. The van der Waals surface area contributed by atoms with Crippen LogP contribution in [0.5, 0.6) is 5.75 Å². The Morgan fingerprint density at radius 2 is 1.69 bits per heavy atom. The maximum absolute atomic E-state index is 12.6. The van der Waals surface area contributed by atoms with Gasteiger partial charge in [-0.1, -0.05) is 49.4 Å². The molecule has 5 heteroatoms. The highest BCUT2D eigenvalue weighted by atomic mass is 16.5. The van der Waals surface area contributed by atoms with Crippen molar-refractivity contribution < 1.29 is 19.4 Å². The van der Waals surface area contributed by atoms with E-state index in [0.717, 1.165) is 16.9 Å². The molecule has 0 saturated carbocycles. The van der Waals surface area contributed by atoms with Gasteiger partial charge in [0.1, 0.15) is 11.8 Å². The van der Waals surface area contributed by atoms with Gasteiger partial charge in [-0.15, -0.1) is 0 Å².